The van der Waals surface area contributed by atoms with Crippen molar-refractivity contribution in [2.75, 3.05) is 31.1 Å². The lowest BCUT2D eigenvalue weighted by Gasteiger charge is -2.36. The molecule has 1 aliphatic rings. The predicted octanol–water partition coefficient (Wildman–Crippen LogP) is 2.46. The molecule has 3 aromatic heterocycles. The number of aryl methyl sites for hydroxylation is 1. The van der Waals surface area contributed by atoms with E-state index in [0.717, 1.165) is 11.5 Å². The second-order valence-electron chi connectivity index (χ2n) is 6.62. The van der Waals surface area contributed by atoms with Gasteiger partial charge in [-0.05, 0) is 19.1 Å². The minimum Gasteiger partial charge on any atom is -0.353 e. The lowest BCUT2D eigenvalue weighted by molar-refractivity contribution is -0.131. The normalized spacial score (nSPS) is 14.6. The molecule has 0 atom stereocenters. The van der Waals surface area contributed by atoms with Crippen molar-refractivity contribution in [1.29, 1.82) is 0 Å². The molecule has 0 aromatic carbocycles. The van der Waals surface area contributed by atoms with Gasteiger partial charge in [0.15, 0.2) is 5.78 Å². The van der Waals surface area contributed by atoms with Gasteiger partial charge in [-0.2, -0.15) is 14.6 Å². The van der Waals surface area contributed by atoms with Gasteiger partial charge < -0.3 is 9.80 Å². The Balaban J connectivity index is 1.34. The van der Waals surface area contributed by atoms with E-state index in [0.29, 0.717) is 41.2 Å². The summed E-state index contributed by atoms with van der Waals surface area (Å²) in [4.78, 5) is 37.8. The molecule has 146 valence electrons. The maximum Gasteiger partial charge on any atom is 0.254 e. The van der Waals surface area contributed by atoms with Gasteiger partial charge in [0.25, 0.3) is 5.78 Å². The highest BCUT2D eigenvalue weighted by Gasteiger charge is 2.24. The summed E-state index contributed by atoms with van der Waals surface area (Å²) in [5.74, 6) is 1.47. The predicted molar refractivity (Wildman–Crippen MR) is 107 cm³/mol. The van der Waals surface area contributed by atoms with Crippen molar-refractivity contribution in [2.45, 2.75) is 19.8 Å². The van der Waals surface area contributed by atoms with Crippen molar-refractivity contribution < 1.29 is 9.59 Å². The zero-order chi connectivity index (χ0) is 19.7. The molecule has 1 saturated heterocycles. The number of anilines is 1. The molecule has 3 aromatic rings. The Labute approximate surface area is 170 Å². The minimum absolute atomic E-state index is 0.00691. The zero-order valence-electron chi connectivity index (χ0n) is 15.3. The van der Waals surface area contributed by atoms with E-state index in [1.54, 1.807) is 16.6 Å². The maximum absolute atomic E-state index is 12.5. The molecule has 1 amide bonds. The lowest BCUT2D eigenvalue weighted by atomic mass is 10.1. The van der Waals surface area contributed by atoms with Gasteiger partial charge in [0.05, 0.1) is 9.21 Å². The Morgan fingerprint density at radius 1 is 1.18 bits per heavy atom. The summed E-state index contributed by atoms with van der Waals surface area (Å²) in [5, 5.41) is 4.24. The summed E-state index contributed by atoms with van der Waals surface area (Å²) >= 11 is 7.11. The van der Waals surface area contributed by atoms with Crippen LogP contribution in [0.3, 0.4) is 0 Å². The highest BCUT2D eigenvalue weighted by atomic mass is 35.5. The number of rotatable bonds is 5. The summed E-state index contributed by atoms with van der Waals surface area (Å²) < 4.78 is 2.30. The van der Waals surface area contributed by atoms with Crippen LogP contribution in [0.4, 0.5) is 5.82 Å². The number of nitrogens with zero attached hydrogens (tertiary/aromatic N) is 6. The number of ketones is 1. The Bertz CT molecular complexity index is 1020. The van der Waals surface area contributed by atoms with E-state index in [1.807, 2.05) is 17.9 Å². The first-order valence-corrected chi connectivity index (χ1v) is 10.2. The minimum atomic E-state index is -0.0373. The van der Waals surface area contributed by atoms with Gasteiger partial charge in [0.2, 0.25) is 5.91 Å². The van der Waals surface area contributed by atoms with Crippen LogP contribution in [0.2, 0.25) is 4.34 Å². The largest absolute Gasteiger partial charge is 0.353 e. The monoisotopic (exact) mass is 418 g/mol. The van der Waals surface area contributed by atoms with E-state index in [-0.39, 0.29) is 24.5 Å². The first-order valence-electron chi connectivity index (χ1n) is 9.00. The molecule has 0 spiro atoms. The molecule has 0 unspecified atom stereocenters. The van der Waals surface area contributed by atoms with Crippen molar-refractivity contribution in [2.24, 2.45) is 0 Å². The molecule has 0 aliphatic carbocycles. The average Bonchev–Trinajstić information content (AvgIpc) is 3.34. The number of fused-ring (bicyclic) bond motifs is 1. The van der Waals surface area contributed by atoms with Crippen LogP contribution < -0.4 is 4.90 Å². The van der Waals surface area contributed by atoms with Crippen molar-refractivity contribution >= 4 is 46.2 Å². The average molecular weight is 419 g/mol. The summed E-state index contributed by atoms with van der Waals surface area (Å²) in [7, 11) is 0. The summed E-state index contributed by atoms with van der Waals surface area (Å²) in [6.07, 6.45) is 1.91. The lowest BCUT2D eigenvalue weighted by Crippen LogP contribution is -2.49. The number of carbonyl (C=O) groups excluding carboxylic acids is 2. The van der Waals surface area contributed by atoms with Crippen LogP contribution in [0.15, 0.2) is 24.5 Å². The van der Waals surface area contributed by atoms with Gasteiger partial charge in [-0.1, -0.05) is 11.6 Å². The molecule has 0 N–H and O–H groups in total. The number of Topliss-reactive ketones (excluding diaryl/α,β-unsaturated/α-hetero) is 1. The van der Waals surface area contributed by atoms with Gasteiger partial charge in [-0.3, -0.25) is 9.59 Å². The third-order valence-corrected chi connectivity index (χ3v) is 6.00. The second-order valence-corrected chi connectivity index (χ2v) is 8.34. The fourth-order valence-electron chi connectivity index (χ4n) is 3.29. The SMILES string of the molecule is Cc1cc(N2CCN(C(=O)CCC(=O)c3ccc(Cl)s3)CC2)n2ncnc2n1. The molecular weight excluding hydrogens is 400 g/mol. The number of amides is 1. The quantitative estimate of drug-likeness (QED) is 0.592. The number of carbonyl (C=O) groups is 2. The Hall–Kier alpha value is -2.52. The number of aromatic nitrogens is 4. The third-order valence-electron chi connectivity index (χ3n) is 4.73. The van der Waals surface area contributed by atoms with Crippen LogP contribution in [0.25, 0.3) is 5.78 Å². The smallest absolute Gasteiger partial charge is 0.254 e. The molecule has 8 nitrogen and oxygen atoms in total. The first kappa shape index (κ1) is 18.8. The fraction of sp³-hybridized carbons (Fsp3) is 0.389. The van der Waals surface area contributed by atoms with Crippen molar-refractivity contribution in [3.05, 3.63) is 39.4 Å². The highest BCUT2D eigenvalue weighted by molar-refractivity contribution is 7.18. The second kappa shape index (κ2) is 7.84. The number of hydrogen-bond acceptors (Lipinski definition) is 7. The Morgan fingerprint density at radius 2 is 1.96 bits per heavy atom. The topological polar surface area (TPSA) is 83.7 Å². The summed E-state index contributed by atoms with van der Waals surface area (Å²) in [6, 6.07) is 5.39. The maximum atomic E-state index is 12.5. The molecule has 0 bridgehead atoms. The molecule has 0 saturated carbocycles. The van der Waals surface area contributed by atoms with Gasteiger partial charge in [0.1, 0.15) is 12.1 Å². The molecule has 4 rings (SSSR count). The Kier molecular flexibility index (Phi) is 5.27. The van der Waals surface area contributed by atoms with Crippen LogP contribution in [0, 0.1) is 6.92 Å². The van der Waals surface area contributed by atoms with Gasteiger partial charge in [-0.15, -0.1) is 11.3 Å². The summed E-state index contributed by atoms with van der Waals surface area (Å²) in [6.45, 7) is 4.53. The van der Waals surface area contributed by atoms with Crippen LogP contribution in [-0.4, -0.2) is 62.4 Å². The van der Waals surface area contributed by atoms with Gasteiger partial charge in [-0.25, -0.2) is 4.98 Å². The summed E-state index contributed by atoms with van der Waals surface area (Å²) in [5.41, 5.74) is 0.876. The third kappa shape index (κ3) is 3.85. The van der Waals surface area contributed by atoms with Crippen LogP contribution >= 0.6 is 22.9 Å². The molecule has 28 heavy (non-hydrogen) atoms. The standard InChI is InChI=1S/C18H19ClN6O2S/c1-12-10-16(25-18(22-12)20-11-21-25)23-6-8-24(9-7-23)17(27)5-2-13(26)14-3-4-15(19)28-14/h3-4,10-11H,2,5-9H2,1H3. The van der Waals surface area contributed by atoms with Crippen molar-refractivity contribution in [1.82, 2.24) is 24.5 Å². The van der Waals surface area contributed by atoms with E-state index in [2.05, 4.69) is 20.0 Å². The number of piperazine rings is 1. The van der Waals surface area contributed by atoms with Crippen LogP contribution in [0.5, 0.6) is 0 Å². The van der Waals surface area contributed by atoms with Crippen molar-refractivity contribution in [3.63, 3.8) is 0 Å². The van der Waals surface area contributed by atoms with Crippen LogP contribution in [0.1, 0.15) is 28.2 Å². The Morgan fingerprint density at radius 3 is 2.68 bits per heavy atom. The van der Waals surface area contributed by atoms with Crippen LogP contribution in [-0.2, 0) is 4.79 Å². The molecule has 1 aliphatic heterocycles. The van der Waals surface area contributed by atoms with Crippen molar-refractivity contribution in [3.8, 4) is 0 Å². The molecule has 1 fully saturated rings. The molecule has 4 heterocycles. The first-order chi connectivity index (χ1) is 13.5. The van der Waals surface area contributed by atoms with E-state index in [1.165, 1.54) is 17.7 Å². The molecule has 0 radical (unpaired) electrons. The van der Waals surface area contributed by atoms with E-state index in [4.69, 9.17) is 11.6 Å². The van der Waals surface area contributed by atoms with E-state index in [9.17, 15) is 9.59 Å². The molecular formula is C18H19ClN6O2S. The number of thiophene rings is 1. The zero-order valence-corrected chi connectivity index (χ0v) is 16.9. The number of hydrogen-bond donors (Lipinski definition) is 0. The van der Waals surface area contributed by atoms with Gasteiger partial charge >= 0.3 is 0 Å². The van der Waals surface area contributed by atoms with E-state index >= 15 is 0 Å². The number of halogens is 1. The fourth-order valence-corrected chi connectivity index (χ4v) is 4.30. The highest BCUT2D eigenvalue weighted by Crippen LogP contribution is 2.23. The van der Waals surface area contributed by atoms with Gasteiger partial charge in [0, 0.05) is 50.8 Å². The molecule has 10 heteroatoms. The van der Waals surface area contributed by atoms with E-state index < -0.39 is 0 Å².